The number of nitrogens with zero attached hydrogens (tertiary/aromatic N) is 4. The smallest absolute Gasteiger partial charge is 0.245 e. The fourth-order valence-electron chi connectivity index (χ4n) is 6.12. The van der Waals surface area contributed by atoms with E-state index >= 15 is 0 Å². The second kappa shape index (κ2) is 20.0. The van der Waals surface area contributed by atoms with Gasteiger partial charge in [-0.3, -0.25) is 19.2 Å². The number of hydrogen-bond acceptors (Lipinski definition) is 8. The summed E-state index contributed by atoms with van der Waals surface area (Å²) in [5, 5.41) is 7.13. The molecule has 0 aliphatic rings. The molecule has 2 heterocycles. The molecular weight excluding hydrogens is 693 g/mol. The van der Waals surface area contributed by atoms with E-state index in [1.54, 1.807) is 32.5 Å². The maximum absolute atomic E-state index is 13.3. The Bertz CT molecular complexity index is 1610. The van der Waals surface area contributed by atoms with Gasteiger partial charge in [0.25, 0.3) is 0 Å². The third-order valence-corrected chi connectivity index (χ3v) is 10.7. The predicted molar refractivity (Wildman–Crippen MR) is 210 cm³/mol. The number of aromatic nitrogens is 2. The van der Waals surface area contributed by atoms with Crippen LogP contribution in [-0.2, 0) is 32.3 Å². The van der Waals surface area contributed by atoms with E-state index in [1.165, 1.54) is 0 Å². The second-order valence-corrected chi connectivity index (χ2v) is 16.1. The summed E-state index contributed by atoms with van der Waals surface area (Å²) in [4.78, 5) is 64.0. The van der Waals surface area contributed by atoms with E-state index in [-0.39, 0.29) is 23.7 Å². The van der Waals surface area contributed by atoms with Crippen LogP contribution in [0.15, 0.2) is 60.9 Å². The van der Waals surface area contributed by atoms with Crippen molar-refractivity contribution in [1.29, 1.82) is 0 Å². The van der Waals surface area contributed by atoms with Crippen molar-refractivity contribution >= 4 is 47.3 Å². The molecule has 4 rings (SSSR count). The molecular formula is C40H52N6O4S2. The topological polar surface area (TPSA) is 125 Å². The molecule has 0 saturated heterocycles. The van der Waals surface area contributed by atoms with Gasteiger partial charge in [-0.05, 0) is 59.8 Å². The maximum atomic E-state index is 13.3. The number of benzene rings is 2. The van der Waals surface area contributed by atoms with E-state index in [2.05, 4.69) is 69.1 Å². The highest BCUT2D eigenvalue weighted by atomic mass is 32.1. The van der Waals surface area contributed by atoms with E-state index in [4.69, 9.17) is 0 Å². The number of hydrogen-bond donors (Lipinski definition) is 2. The van der Waals surface area contributed by atoms with Crippen molar-refractivity contribution in [3.05, 3.63) is 70.9 Å². The minimum atomic E-state index is -0.538. The van der Waals surface area contributed by atoms with Gasteiger partial charge in [0.2, 0.25) is 24.6 Å². The summed E-state index contributed by atoms with van der Waals surface area (Å²) in [5.74, 6) is 0.405. The zero-order valence-corrected chi connectivity index (χ0v) is 32.8. The van der Waals surface area contributed by atoms with Gasteiger partial charge in [0.1, 0.15) is 22.1 Å². The van der Waals surface area contributed by atoms with Crippen LogP contribution in [0.1, 0.15) is 77.2 Å². The Kier molecular flexibility index (Phi) is 15.5. The quantitative estimate of drug-likeness (QED) is 0.0858. The Balaban J connectivity index is 1.41. The van der Waals surface area contributed by atoms with Crippen molar-refractivity contribution in [2.24, 2.45) is 11.8 Å². The maximum Gasteiger partial charge on any atom is 0.245 e. The number of carbonyl (C=O) groups excluding carboxylic acids is 4. The highest BCUT2D eigenvalue weighted by molar-refractivity contribution is 7.15. The van der Waals surface area contributed by atoms with E-state index in [0.717, 1.165) is 54.9 Å². The van der Waals surface area contributed by atoms with Gasteiger partial charge in [0, 0.05) is 25.5 Å². The van der Waals surface area contributed by atoms with Crippen molar-refractivity contribution in [2.75, 3.05) is 13.1 Å². The molecule has 4 amide bonds. The van der Waals surface area contributed by atoms with Crippen molar-refractivity contribution in [2.45, 2.75) is 92.4 Å². The molecule has 2 atom stereocenters. The van der Waals surface area contributed by atoms with Crippen molar-refractivity contribution in [3.8, 4) is 32.0 Å². The lowest BCUT2D eigenvalue weighted by atomic mass is 10.0. The Hall–Kier alpha value is -4.42. The molecule has 2 aromatic carbocycles. The SMILES string of the molecule is CCCN(Cc1ncc(-c2ccc(-c3ccc(-c4cnc(CN(CCC)C(=O)[C@H](CC(C)C)NC=O)s4)cc3)cc2)s1)C(=O)[C@H](CC(C)C)NC=O. The molecule has 10 nitrogen and oxygen atoms in total. The standard InChI is InChI=1S/C40H52N6O4S2/c1-7-17-45(39(49)33(43-25-47)19-27(3)4)23-37-41-21-35(51-37)31-13-9-29(10-14-31)30-11-15-32(16-12-30)36-22-42-38(52-36)24-46(18-8-2)40(50)34(44-26-48)20-28(5)6/h9-16,21-22,25-28,33-34H,7-8,17-20,23-24H2,1-6H3,(H,43,47)(H,44,48)/t33-,34-/m0/s1. The zero-order chi connectivity index (χ0) is 37.6. The summed E-state index contributed by atoms with van der Waals surface area (Å²) in [5.41, 5.74) is 4.31. The van der Waals surface area contributed by atoms with Gasteiger partial charge in [-0.2, -0.15) is 0 Å². The molecule has 52 heavy (non-hydrogen) atoms. The molecule has 0 aliphatic heterocycles. The summed E-state index contributed by atoms with van der Waals surface area (Å²) >= 11 is 3.15. The van der Waals surface area contributed by atoms with Gasteiger partial charge in [-0.1, -0.05) is 90.1 Å². The number of carbonyl (C=O) groups is 4. The Morgan fingerprint density at radius 3 is 1.29 bits per heavy atom. The second-order valence-electron chi connectivity index (χ2n) is 13.8. The normalized spacial score (nSPS) is 12.4. The van der Waals surface area contributed by atoms with E-state index in [0.29, 0.717) is 51.8 Å². The van der Waals surface area contributed by atoms with Crippen LogP contribution in [0.4, 0.5) is 0 Å². The average Bonchev–Trinajstić information content (AvgIpc) is 3.80. The fraction of sp³-hybridized carbons (Fsp3) is 0.450. The molecule has 0 unspecified atom stereocenters. The monoisotopic (exact) mass is 744 g/mol. The van der Waals surface area contributed by atoms with Crippen LogP contribution >= 0.6 is 22.7 Å². The van der Waals surface area contributed by atoms with E-state index in [1.807, 2.05) is 53.9 Å². The first kappa shape index (κ1) is 40.4. The van der Waals surface area contributed by atoms with Gasteiger partial charge in [0.15, 0.2) is 0 Å². The van der Waals surface area contributed by atoms with Gasteiger partial charge < -0.3 is 20.4 Å². The van der Waals surface area contributed by atoms with Gasteiger partial charge in [0.05, 0.1) is 22.8 Å². The first-order chi connectivity index (χ1) is 25.1. The summed E-state index contributed by atoms with van der Waals surface area (Å²) in [6, 6.07) is 15.7. The fourth-order valence-corrected chi connectivity index (χ4v) is 7.99. The number of thiazole rings is 2. The first-order valence-corrected chi connectivity index (χ1v) is 19.8. The van der Waals surface area contributed by atoms with Crippen LogP contribution in [0.3, 0.4) is 0 Å². The predicted octanol–water partition coefficient (Wildman–Crippen LogP) is 7.40. The minimum absolute atomic E-state index is 0.0731. The van der Waals surface area contributed by atoms with Crippen LogP contribution in [0.2, 0.25) is 0 Å². The highest BCUT2D eigenvalue weighted by Crippen LogP contribution is 2.32. The van der Waals surface area contributed by atoms with Gasteiger partial charge in [-0.15, -0.1) is 22.7 Å². The molecule has 4 aromatic rings. The molecule has 0 radical (unpaired) electrons. The van der Waals surface area contributed by atoms with Gasteiger partial charge in [-0.25, -0.2) is 9.97 Å². The van der Waals surface area contributed by atoms with E-state index in [9.17, 15) is 19.2 Å². The molecule has 0 spiro atoms. The minimum Gasteiger partial charge on any atom is -0.347 e. The summed E-state index contributed by atoms with van der Waals surface area (Å²) in [6.45, 7) is 14.2. The van der Waals surface area contributed by atoms with E-state index < -0.39 is 12.1 Å². The summed E-state index contributed by atoms with van der Waals surface area (Å²) in [6.07, 6.45) is 7.75. The lowest BCUT2D eigenvalue weighted by Gasteiger charge is -2.27. The molecule has 0 bridgehead atoms. The van der Waals surface area contributed by atoms with Crippen LogP contribution < -0.4 is 10.6 Å². The Labute approximate surface area is 316 Å². The lowest BCUT2D eigenvalue weighted by molar-refractivity contribution is -0.136. The number of amides is 4. The molecule has 0 fully saturated rings. The van der Waals surface area contributed by atoms with Crippen LogP contribution in [0, 0.1) is 11.8 Å². The van der Waals surface area contributed by atoms with Crippen LogP contribution in [0.5, 0.6) is 0 Å². The molecule has 0 saturated carbocycles. The van der Waals surface area contributed by atoms with Crippen LogP contribution in [0.25, 0.3) is 32.0 Å². The average molecular weight is 745 g/mol. The Morgan fingerprint density at radius 1 is 0.635 bits per heavy atom. The molecule has 12 heteroatoms. The first-order valence-electron chi connectivity index (χ1n) is 18.1. The number of nitrogens with one attached hydrogen (secondary N) is 2. The highest BCUT2D eigenvalue weighted by Gasteiger charge is 2.26. The van der Waals surface area contributed by atoms with Crippen molar-refractivity contribution in [1.82, 2.24) is 30.4 Å². The van der Waals surface area contributed by atoms with Crippen molar-refractivity contribution in [3.63, 3.8) is 0 Å². The van der Waals surface area contributed by atoms with Crippen LogP contribution in [-0.4, -0.2) is 69.6 Å². The molecule has 2 N–H and O–H groups in total. The third-order valence-electron chi connectivity index (χ3n) is 8.59. The summed E-state index contributed by atoms with van der Waals surface area (Å²) < 4.78 is 0. The molecule has 0 aliphatic carbocycles. The lowest BCUT2D eigenvalue weighted by Crippen LogP contribution is -2.46. The zero-order valence-electron chi connectivity index (χ0n) is 31.1. The van der Waals surface area contributed by atoms with Crippen molar-refractivity contribution < 1.29 is 19.2 Å². The molecule has 278 valence electrons. The Morgan fingerprint density at radius 2 is 0.981 bits per heavy atom. The van der Waals surface area contributed by atoms with Gasteiger partial charge >= 0.3 is 0 Å². The number of rotatable bonds is 21. The summed E-state index contributed by atoms with van der Waals surface area (Å²) in [7, 11) is 0. The largest absolute Gasteiger partial charge is 0.347 e. The third kappa shape index (κ3) is 11.3. The molecule has 2 aromatic heterocycles.